The Hall–Kier alpha value is -1.97. The first-order chi connectivity index (χ1) is 10.8. The second kappa shape index (κ2) is 9.13. The molecule has 0 atom stereocenters. The summed E-state index contributed by atoms with van der Waals surface area (Å²) in [4.78, 5) is 4.17. The largest absolute Gasteiger partial charge is 0.490 e. The van der Waals surface area contributed by atoms with Crippen LogP contribution in [0, 0.1) is 0 Å². The normalized spacial score (nSPS) is 16.1. The highest BCUT2D eigenvalue weighted by Crippen LogP contribution is 2.23. The van der Waals surface area contributed by atoms with Gasteiger partial charge in [-0.05, 0) is 43.4 Å². The van der Waals surface area contributed by atoms with Crippen LogP contribution in [-0.2, 0) is 6.54 Å². The van der Waals surface area contributed by atoms with Crippen LogP contribution in [0.25, 0.3) is 0 Å². The molecule has 1 aliphatic rings. The number of hydrogen-bond donors (Lipinski definition) is 2. The molecule has 0 radical (unpaired) electrons. The zero-order valence-corrected chi connectivity index (χ0v) is 13.5. The van der Waals surface area contributed by atoms with Crippen LogP contribution in [0.2, 0.25) is 0 Å². The Bertz CT molecular complexity index is 493. The van der Waals surface area contributed by atoms with Crippen LogP contribution in [0.5, 0.6) is 5.75 Å². The fourth-order valence-corrected chi connectivity index (χ4v) is 2.68. The fourth-order valence-electron chi connectivity index (χ4n) is 2.68. The second-order valence-electron chi connectivity index (χ2n) is 5.62. The van der Waals surface area contributed by atoms with Gasteiger partial charge in [-0.3, -0.25) is 4.99 Å². The van der Waals surface area contributed by atoms with Gasteiger partial charge in [-0.1, -0.05) is 24.6 Å². The molecule has 0 heterocycles. The number of rotatable bonds is 6. The quantitative estimate of drug-likeness (QED) is 0.482. The highest BCUT2D eigenvalue weighted by atomic mass is 16.5. The molecule has 1 saturated carbocycles. The molecule has 1 fully saturated rings. The van der Waals surface area contributed by atoms with Gasteiger partial charge < -0.3 is 15.4 Å². The van der Waals surface area contributed by atoms with Crippen molar-refractivity contribution in [3.05, 3.63) is 42.5 Å². The molecular weight excluding hydrogens is 274 g/mol. The van der Waals surface area contributed by atoms with Crippen molar-refractivity contribution in [1.29, 1.82) is 0 Å². The van der Waals surface area contributed by atoms with Crippen LogP contribution in [0.1, 0.15) is 37.7 Å². The molecule has 0 bridgehead atoms. The number of benzene rings is 1. The van der Waals surface area contributed by atoms with E-state index in [4.69, 9.17) is 4.74 Å². The van der Waals surface area contributed by atoms with Gasteiger partial charge in [0.05, 0.1) is 6.10 Å². The van der Waals surface area contributed by atoms with Crippen molar-refractivity contribution < 1.29 is 4.74 Å². The van der Waals surface area contributed by atoms with Gasteiger partial charge in [0.15, 0.2) is 5.96 Å². The Morgan fingerprint density at radius 3 is 2.86 bits per heavy atom. The van der Waals surface area contributed by atoms with E-state index in [-0.39, 0.29) is 0 Å². The molecule has 4 heteroatoms. The minimum absolute atomic E-state index is 0.388. The SMILES string of the molecule is C=CCNC(=NC)NCc1cccc(OC2CCCCC2)c1. The first-order valence-electron chi connectivity index (χ1n) is 8.13. The number of guanidine groups is 1. The van der Waals surface area contributed by atoms with E-state index in [1.807, 2.05) is 12.1 Å². The molecular formula is C18H27N3O. The average Bonchev–Trinajstić information content (AvgIpc) is 2.56. The number of nitrogens with zero attached hydrogens (tertiary/aromatic N) is 1. The monoisotopic (exact) mass is 301 g/mol. The van der Waals surface area contributed by atoms with Gasteiger partial charge in [-0.25, -0.2) is 0 Å². The Labute approximate surface area is 133 Å². The number of nitrogens with one attached hydrogen (secondary N) is 2. The molecule has 2 rings (SSSR count). The van der Waals surface area contributed by atoms with Gasteiger partial charge >= 0.3 is 0 Å². The summed E-state index contributed by atoms with van der Waals surface area (Å²) in [6.07, 6.45) is 8.49. The van der Waals surface area contributed by atoms with Gasteiger partial charge in [0.1, 0.15) is 5.75 Å². The Balaban J connectivity index is 1.86. The molecule has 2 N–H and O–H groups in total. The Morgan fingerprint density at radius 1 is 1.32 bits per heavy atom. The predicted octanol–water partition coefficient (Wildman–Crippen LogP) is 3.25. The number of aliphatic imine (C=N–C) groups is 1. The van der Waals surface area contributed by atoms with Crippen LogP contribution in [0.4, 0.5) is 0 Å². The second-order valence-corrected chi connectivity index (χ2v) is 5.62. The molecule has 0 spiro atoms. The predicted molar refractivity (Wildman–Crippen MR) is 92.3 cm³/mol. The molecule has 1 aromatic rings. The summed E-state index contributed by atoms with van der Waals surface area (Å²) in [5.41, 5.74) is 1.19. The Kier molecular flexibility index (Phi) is 6.81. The minimum atomic E-state index is 0.388. The van der Waals surface area contributed by atoms with Crippen LogP contribution >= 0.6 is 0 Å². The van der Waals surface area contributed by atoms with Crippen molar-refractivity contribution in [3.8, 4) is 5.75 Å². The van der Waals surface area contributed by atoms with E-state index >= 15 is 0 Å². The van der Waals surface area contributed by atoms with Crippen molar-refractivity contribution in [3.63, 3.8) is 0 Å². The third kappa shape index (κ3) is 5.43. The van der Waals surface area contributed by atoms with Crippen LogP contribution in [0.15, 0.2) is 41.9 Å². The highest BCUT2D eigenvalue weighted by Gasteiger charge is 2.14. The van der Waals surface area contributed by atoms with Crippen LogP contribution < -0.4 is 15.4 Å². The van der Waals surface area contributed by atoms with Crippen molar-refractivity contribution in [2.75, 3.05) is 13.6 Å². The fraction of sp³-hybridized carbons (Fsp3) is 0.500. The molecule has 0 amide bonds. The highest BCUT2D eigenvalue weighted by molar-refractivity contribution is 5.79. The van der Waals surface area contributed by atoms with E-state index < -0.39 is 0 Å². The summed E-state index contributed by atoms with van der Waals surface area (Å²) < 4.78 is 6.11. The van der Waals surface area contributed by atoms with Crippen LogP contribution in [-0.4, -0.2) is 25.7 Å². The molecule has 0 saturated heterocycles. The molecule has 0 unspecified atom stereocenters. The summed E-state index contributed by atoms with van der Waals surface area (Å²) in [7, 11) is 1.76. The van der Waals surface area contributed by atoms with Gasteiger partial charge in [0, 0.05) is 20.1 Å². The minimum Gasteiger partial charge on any atom is -0.490 e. The molecule has 0 aliphatic heterocycles. The summed E-state index contributed by atoms with van der Waals surface area (Å²) in [5.74, 6) is 1.75. The van der Waals surface area contributed by atoms with Gasteiger partial charge in [-0.2, -0.15) is 0 Å². The van der Waals surface area contributed by atoms with Crippen molar-refractivity contribution >= 4 is 5.96 Å². The standard InChI is InChI=1S/C18H27N3O/c1-3-12-20-18(19-2)21-14-15-8-7-11-17(13-15)22-16-9-5-4-6-10-16/h3,7-8,11,13,16H,1,4-6,9-10,12,14H2,2H3,(H2,19,20,21). The lowest BCUT2D eigenvalue weighted by Crippen LogP contribution is -2.36. The van der Waals surface area contributed by atoms with E-state index in [1.165, 1.54) is 37.7 Å². The zero-order valence-electron chi connectivity index (χ0n) is 13.5. The first-order valence-corrected chi connectivity index (χ1v) is 8.13. The summed E-state index contributed by atoms with van der Waals surface area (Å²) in [5, 5.41) is 6.45. The van der Waals surface area contributed by atoms with Crippen molar-refractivity contribution in [1.82, 2.24) is 10.6 Å². The third-order valence-electron chi connectivity index (χ3n) is 3.85. The Morgan fingerprint density at radius 2 is 2.14 bits per heavy atom. The first kappa shape index (κ1) is 16.4. The molecule has 120 valence electrons. The molecule has 0 aromatic heterocycles. The lowest BCUT2D eigenvalue weighted by atomic mass is 9.98. The van der Waals surface area contributed by atoms with E-state index in [2.05, 4.69) is 40.4 Å². The lowest BCUT2D eigenvalue weighted by Gasteiger charge is -2.23. The maximum atomic E-state index is 6.11. The molecule has 1 aromatic carbocycles. The summed E-state index contributed by atoms with van der Waals surface area (Å²) >= 11 is 0. The van der Waals surface area contributed by atoms with Gasteiger partial charge in [0.2, 0.25) is 0 Å². The van der Waals surface area contributed by atoms with Crippen LogP contribution in [0.3, 0.4) is 0 Å². The summed E-state index contributed by atoms with van der Waals surface area (Å²) in [6, 6.07) is 8.31. The summed E-state index contributed by atoms with van der Waals surface area (Å²) in [6.45, 7) is 5.11. The maximum Gasteiger partial charge on any atom is 0.191 e. The van der Waals surface area contributed by atoms with E-state index in [0.29, 0.717) is 12.6 Å². The molecule has 1 aliphatic carbocycles. The molecule has 4 nitrogen and oxygen atoms in total. The van der Waals surface area contributed by atoms with Crippen molar-refractivity contribution in [2.24, 2.45) is 4.99 Å². The number of ether oxygens (including phenoxy) is 1. The van der Waals surface area contributed by atoms with Crippen molar-refractivity contribution in [2.45, 2.75) is 44.8 Å². The maximum absolute atomic E-state index is 6.11. The zero-order chi connectivity index (χ0) is 15.6. The van der Waals surface area contributed by atoms with E-state index in [9.17, 15) is 0 Å². The van der Waals surface area contributed by atoms with E-state index in [1.54, 1.807) is 7.05 Å². The van der Waals surface area contributed by atoms with Gasteiger partial charge in [-0.15, -0.1) is 6.58 Å². The average molecular weight is 301 g/mol. The van der Waals surface area contributed by atoms with E-state index in [0.717, 1.165) is 18.3 Å². The smallest absolute Gasteiger partial charge is 0.191 e. The number of hydrogen-bond acceptors (Lipinski definition) is 2. The topological polar surface area (TPSA) is 45.7 Å². The lowest BCUT2D eigenvalue weighted by molar-refractivity contribution is 0.155. The molecule has 22 heavy (non-hydrogen) atoms. The van der Waals surface area contributed by atoms with Gasteiger partial charge in [0.25, 0.3) is 0 Å². The third-order valence-corrected chi connectivity index (χ3v) is 3.85.